The van der Waals surface area contributed by atoms with Gasteiger partial charge >= 0.3 is 0 Å². The molecular formula is C14H21BrFNO. The average molecular weight is 318 g/mol. The fraction of sp³-hybridized carbons (Fsp3) is 0.571. The number of nitrogens with one attached hydrogen (secondary N) is 1. The van der Waals surface area contributed by atoms with E-state index in [0.29, 0.717) is 16.1 Å². The van der Waals surface area contributed by atoms with Crippen molar-refractivity contribution < 1.29 is 9.13 Å². The van der Waals surface area contributed by atoms with Gasteiger partial charge in [-0.2, -0.15) is 0 Å². The topological polar surface area (TPSA) is 21.3 Å². The molecule has 0 aliphatic heterocycles. The molecule has 0 saturated heterocycles. The summed E-state index contributed by atoms with van der Waals surface area (Å²) in [6, 6.07) is 4.75. The molecular weight excluding hydrogens is 297 g/mol. The first-order valence-corrected chi connectivity index (χ1v) is 7.16. The van der Waals surface area contributed by atoms with Gasteiger partial charge in [0.25, 0.3) is 0 Å². The Labute approximate surface area is 117 Å². The van der Waals surface area contributed by atoms with Gasteiger partial charge in [-0.15, -0.1) is 0 Å². The molecule has 0 radical (unpaired) electrons. The Balaban J connectivity index is 2.61. The molecule has 18 heavy (non-hydrogen) atoms. The quantitative estimate of drug-likeness (QED) is 0.768. The van der Waals surface area contributed by atoms with Gasteiger partial charge in [-0.1, -0.05) is 20.8 Å². The Morgan fingerprint density at radius 2 is 2.11 bits per heavy atom. The van der Waals surface area contributed by atoms with E-state index in [9.17, 15) is 4.39 Å². The largest absolute Gasteiger partial charge is 0.489 e. The van der Waals surface area contributed by atoms with Crippen LogP contribution in [0.25, 0.3) is 0 Å². The predicted octanol–water partition coefficient (Wildman–Crippen LogP) is 3.99. The molecule has 0 bridgehead atoms. The number of ether oxygens (including phenoxy) is 1. The summed E-state index contributed by atoms with van der Waals surface area (Å²) in [6.07, 6.45) is 1.20. The molecule has 2 nitrogen and oxygen atoms in total. The van der Waals surface area contributed by atoms with Crippen LogP contribution in [0.15, 0.2) is 22.7 Å². The van der Waals surface area contributed by atoms with Gasteiger partial charge < -0.3 is 10.1 Å². The van der Waals surface area contributed by atoms with E-state index in [1.165, 1.54) is 6.07 Å². The number of hydrogen-bond acceptors (Lipinski definition) is 2. The van der Waals surface area contributed by atoms with Crippen LogP contribution in [-0.2, 0) is 0 Å². The fourth-order valence-electron chi connectivity index (χ4n) is 1.56. The maximum atomic E-state index is 13.1. The van der Waals surface area contributed by atoms with Crippen LogP contribution < -0.4 is 10.1 Å². The molecule has 1 aromatic carbocycles. The van der Waals surface area contributed by atoms with Crippen LogP contribution in [-0.4, -0.2) is 19.2 Å². The molecule has 0 aliphatic rings. The first kappa shape index (κ1) is 15.4. The summed E-state index contributed by atoms with van der Waals surface area (Å²) in [5, 5.41) is 3.35. The molecule has 0 spiro atoms. The van der Waals surface area contributed by atoms with Crippen molar-refractivity contribution >= 4 is 15.9 Å². The maximum Gasteiger partial charge on any atom is 0.137 e. The Kier molecular flexibility index (Phi) is 6.65. The first-order valence-electron chi connectivity index (χ1n) is 6.37. The average Bonchev–Trinajstić information content (AvgIpc) is 2.32. The number of halogens is 2. The van der Waals surface area contributed by atoms with Crippen LogP contribution in [0.4, 0.5) is 4.39 Å². The van der Waals surface area contributed by atoms with E-state index in [1.807, 2.05) is 0 Å². The summed E-state index contributed by atoms with van der Waals surface area (Å²) in [7, 11) is 0. The molecule has 0 aromatic heterocycles. The Morgan fingerprint density at radius 3 is 2.67 bits per heavy atom. The van der Waals surface area contributed by atoms with Gasteiger partial charge in [0.15, 0.2) is 0 Å². The van der Waals surface area contributed by atoms with Crippen molar-refractivity contribution in [1.82, 2.24) is 5.32 Å². The lowest BCUT2D eigenvalue weighted by atomic mass is 10.1. The Hall–Kier alpha value is -0.610. The molecule has 4 heteroatoms. The number of benzene rings is 1. The SMILES string of the molecule is CCCNCC(Oc1ccc(F)c(Br)c1)C(C)C. The second-order valence-corrected chi connectivity index (χ2v) is 5.53. The summed E-state index contributed by atoms with van der Waals surface area (Å²) in [5.41, 5.74) is 0. The van der Waals surface area contributed by atoms with E-state index in [2.05, 4.69) is 42.0 Å². The summed E-state index contributed by atoms with van der Waals surface area (Å²) in [6.45, 7) is 8.17. The van der Waals surface area contributed by atoms with Gasteiger partial charge in [0.1, 0.15) is 17.7 Å². The summed E-state index contributed by atoms with van der Waals surface area (Å²) < 4.78 is 19.5. The number of rotatable bonds is 7. The van der Waals surface area contributed by atoms with Crippen LogP contribution in [0.5, 0.6) is 5.75 Å². The third-order valence-corrected chi connectivity index (χ3v) is 3.30. The molecule has 0 heterocycles. The maximum absolute atomic E-state index is 13.1. The monoisotopic (exact) mass is 317 g/mol. The molecule has 1 unspecified atom stereocenters. The normalized spacial score (nSPS) is 12.8. The molecule has 1 rings (SSSR count). The third-order valence-electron chi connectivity index (χ3n) is 2.69. The minimum Gasteiger partial charge on any atom is -0.489 e. The van der Waals surface area contributed by atoms with E-state index >= 15 is 0 Å². The zero-order chi connectivity index (χ0) is 13.5. The lowest BCUT2D eigenvalue weighted by molar-refractivity contribution is 0.149. The second kappa shape index (κ2) is 7.74. The third kappa shape index (κ3) is 4.94. The van der Waals surface area contributed by atoms with Gasteiger partial charge in [0.2, 0.25) is 0 Å². The smallest absolute Gasteiger partial charge is 0.137 e. The Bertz CT molecular complexity index is 371. The molecule has 1 atom stereocenters. The minimum absolute atomic E-state index is 0.0916. The zero-order valence-corrected chi connectivity index (χ0v) is 12.8. The molecule has 102 valence electrons. The second-order valence-electron chi connectivity index (χ2n) is 4.68. The van der Waals surface area contributed by atoms with Gasteiger partial charge in [-0.3, -0.25) is 0 Å². The van der Waals surface area contributed by atoms with Gasteiger partial charge in [0, 0.05) is 6.54 Å². The van der Waals surface area contributed by atoms with Crippen molar-refractivity contribution in [2.45, 2.75) is 33.3 Å². The highest BCUT2D eigenvalue weighted by molar-refractivity contribution is 9.10. The van der Waals surface area contributed by atoms with E-state index in [-0.39, 0.29) is 11.9 Å². The Morgan fingerprint density at radius 1 is 1.39 bits per heavy atom. The molecule has 1 aromatic rings. The highest BCUT2D eigenvalue weighted by Crippen LogP contribution is 2.23. The summed E-state index contributed by atoms with van der Waals surface area (Å²) >= 11 is 3.17. The highest BCUT2D eigenvalue weighted by atomic mass is 79.9. The van der Waals surface area contributed by atoms with Crippen molar-refractivity contribution in [2.24, 2.45) is 5.92 Å². The van der Waals surface area contributed by atoms with Crippen molar-refractivity contribution in [2.75, 3.05) is 13.1 Å². The van der Waals surface area contributed by atoms with E-state index in [0.717, 1.165) is 19.5 Å². The molecule has 0 amide bonds. The fourth-order valence-corrected chi connectivity index (χ4v) is 1.92. The summed E-state index contributed by atoms with van der Waals surface area (Å²) in [5.74, 6) is 0.825. The van der Waals surface area contributed by atoms with Crippen molar-refractivity contribution in [1.29, 1.82) is 0 Å². The van der Waals surface area contributed by atoms with Crippen LogP contribution in [0.1, 0.15) is 27.2 Å². The van der Waals surface area contributed by atoms with Crippen molar-refractivity contribution in [3.05, 3.63) is 28.5 Å². The van der Waals surface area contributed by atoms with Crippen molar-refractivity contribution in [3.63, 3.8) is 0 Å². The van der Waals surface area contributed by atoms with Gasteiger partial charge in [0.05, 0.1) is 4.47 Å². The minimum atomic E-state index is -0.271. The van der Waals surface area contributed by atoms with E-state index in [4.69, 9.17) is 4.74 Å². The van der Waals surface area contributed by atoms with Crippen LogP contribution in [0.2, 0.25) is 0 Å². The molecule has 0 saturated carbocycles. The van der Waals surface area contributed by atoms with Gasteiger partial charge in [-0.05, 0) is 53.0 Å². The summed E-state index contributed by atoms with van der Waals surface area (Å²) in [4.78, 5) is 0. The van der Waals surface area contributed by atoms with E-state index in [1.54, 1.807) is 12.1 Å². The highest BCUT2D eigenvalue weighted by Gasteiger charge is 2.15. The lowest BCUT2D eigenvalue weighted by Gasteiger charge is -2.23. The predicted molar refractivity (Wildman–Crippen MR) is 76.5 cm³/mol. The van der Waals surface area contributed by atoms with Gasteiger partial charge in [-0.25, -0.2) is 4.39 Å². The standard InChI is InChI=1S/C14H21BrFNO/c1-4-7-17-9-14(10(2)3)18-11-5-6-13(16)12(15)8-11/h5-6,8,10,14,17H,4,7,9H2,1-3H3. The van der Waals surface area contributed by atoms with E-state index < -0.39 is 0 Å². The molecule has 0 aliphatic carbocycles. The first-order chi connectivity index (χ1) is 8.54. The number of hydrogen-bond donors (Lipinski definition) is 1. The van der Waals surface area contributed by atoms with Crippen LogP contribution in [0, 0.1) is 11.7 Å². The zero-order valence-electron chi connectivity index (χ0n) is 11.2. The van der Waals surface area contributed by atoms with Crippen molar-refractivity contribution in [3.8, 4) is 5.75 Å². The van der Waals surface area contributed by atoms with Crippen LogP contribution >= 0.6 is 15.9 Å². The lowest BCUT2D eigenvalue weighted by Crippen LogP contribution is -2.35. The molecule has 0 fully saturated rings. The van der Waals surface area contributed by atoms with Crippen LogP contribution in [0.3, 0.4) is 0 Å². The molecule has 1 N–H and O–H groups in total.